The number of aliphatic carboxylic acids is 4. The van der Waals surface area contributed by atoms with Crippen molar-refractivity contribution in [2.75, 3.05) is 34.9 Å². The maximum Gasteiger partial charge on any atom is 0.414 e. The van der Waals surface area contributed by atoms with E-state index in [0.717, 1.165) is 47.7 Å². The number of carboxylic acids is 4. The highest BCUT2D eigenvalue weighted by Gasteiger charge is 2.24. The second-order valence-corrected chi connectivity index (χ2v) is 7.88. The number of ether oxygens (including phenoxy) is 2. The maximum absolute atomic E-state index is 9.10. The molecule has 1 aliphatic heterocycles. The lowest BCUT2D eigenvalue weighted by Gasteiger charge is -2.26. The summed E-state index contributed by atoms with van der Waals surface area (Å²) in [5, 5.41) is 29.6. The molecule has 12 heteroatoms. The van der Waals surface area contributed by atoms with Crippen molar-refractivity contribution < 1.29 is 49.1 Å². The van der Waals surface area contributed by atoms with E-state index in [1.54, 1.807) is 14.2 Å². The number of fused-ring (bicyclic) bond motifs is 1. The Hall–Kier alpha value is -4.45. The molecular weight excluding hydrogens is 488 g/mol. The normalized spacial score (nSPS) is 13.4. The van der Waals surface area contributed by atoms with Gasteiger partial charge in [-0.05, 0) is 51.2 Å². The van der Waals surface area contributed by atoms with Gasteiger partial charge in [0.15, 0.2) is 11.5 Å². The number of carbonyl (C=O) groups is 4. The molecule has 0 radical (unpaired) electrons. The predicted octanol–water partition coefficient (Wildman–Crippen LogP) is 1.73. The Morgan fingerprint density at radius 1 is 0.865 bits per heavy atom. The lowest BCUT2D eigenvalue weighted by molar-refractivity contribution is -0.159. The molecule has 2 aromatic carbocycles. The molecule has 1 unspecified atom stereocenters. The minimum Gasteiger partial charge on any atom is -0.493 e. The first kappa shape index (κ1) is 30.6. The number of benzene rings is 2. The standard InChI is InChI=1S/C21H26N2O2.2C2H2O4/c1-23(2)11-10-17-12-16-13-19(24-3)20(25-4)14-18(16)21(22-17)15-8-6-5-7-9-15;2*3-1(4)2(5)6/h5-9,13-14,17H,10-12H2,1-4H3;2*(H,3,4)(H,5,6). The summed E-state index contributed by atoms with van der Waals surface area (Å²) in [5.74, 6) is -5.77. The van der Waals surface area contributed by atoms with Crippen LogP contribution in [0.5, 0.6) is 11.5 Å². The van der Waals surface area contributed by atoms with E-state index in [9.17, 15) is 0 Å². The van der Waals surface area contributed by atoms with Gasteiger partial charge >= 0.3 is 23.9 Å². The Kier molecular flexibility index (Phi) is 12.3. The van der Waals surface area contributed by atoms with Gasteiger partial charge in [-0.1, -0.05) is 30.3 Å². The van der Waals surface area contributed by atoms with Crippen molar-refractivity contribution in [1.82, 2.24) is 4.90 Å². The summed E-state index contributed by atoms with van der Waals surface area (Å²) in [6, 6.07) is 14.8. The number of aliphatic imine (C=N–C) groups is 1. The van der Waals surface area contributed by atoms with Crippen LogP contribution < -0.4 is 9.47 Å². The van der Waals surface area contributed by atoms with Crippen LogP contribution in [0, 0.1) is 0 Å². The molecule has 200 valence electrons. The summed E-state index contributed by atoms with van der Waals surface area (Å²) in [5.41, 5.74) is 4.61. The fourth-order valence-corrected chi connectivity index (χ4v) is 3.26. The first-order valence-corrected chi connectivity index (χ1v) is 10.9. The molecule has 2 aromatic rings. The van der Waals surface area contributed by atoms with E-state index in [1.807, 2.05) is 6.07 Å². The van der Waals surface area contributed by atoms with E-state index >= 15 is 0 Å². The summed E-state index contributed by atoms with van der Waals surface area (Å²) in [6.07, 6.45) is 1.97. The Labute approximate surface area is 213 Å². The van der Waals surface area contributed by atoms with Crippen LogP contribution in [0.4, 0.5) is 0 Å². The third kappa shape index (κ3) is 9.98. The molecule has 0 bridgehead atoms. The summed E-state index contributed by atoms with van der Waals surface area (Å²) in [7, 11) is 7.56. The van der Waals surface area contributed by atoms with Crippen molar-refractivity contribution in [2.45, 2.75) is 18.9 Å². The molecule has 0 amide bonds. The zero-order chi connectivity index (χ0) is 28.1. The second kappa shape index (κ2) is 14.8. The second-order valence-electron chi connectivity index (χ2n) is 7.88. The van der Waals surface area contributed by atoms with Crippen molar-refractivity contribution in [2.24, 2.45) is 4.99 Å². The third-order valence-electron chi connectivity index (χ3n) is 4.95. The number of nitrogens with zero attached hydrogens (tertiary/aromatic N) is 2. The number of rotatable bonds is 6. The fraction of sp³-hybridized carbons (Fsp3) is 0.320. The van der Waals surface area contributed by atoms with Gasteiger partial charge in [-0.25, -0.2) is 19.2 Å². The summed E-state index contributed by atoms with van der Waals surface area (Å²) in [6.45, 7) is 1.03. The molecule has 0 aliphatic carbocycles. The Morgan fingerprint density at radius 2 is 1.35 bits per heavy atom. The lowest BCUT2D eigenvalue weighted by Crippen LogP contribution is -2.26. The molecule has 0 fully saturated rings. The van der Waals surface area contributed by atoms with E-state index < -0.39 is 23.9 Å². The number of hydrogen-bond acceptors (Lipinski definition) is 8. The van der Waals surface area contributed by atoms with Crippen LogP contribution in [-0.4, -0.2) is 95.8 Å². The van der Waals surface area contributed by atoms with Crippen LogP contribution in [0.2, 0.25) is 0 Å². The van der Waals surface area contributed by atoms with Crippen molar-refractivity contribution >= 4 is 29.6 Å². The molecular formula is C25H30N2O10. The van der Waals surface area contributed by atoms with E-state index in [0.29, 0.717) is 0 Å². The van der Waals surface area contributed by atoms with Gasteiger partial charge in [0.25, 0.3) is 0 Å². The van der Waals surface area contributed by atoms with Gasteiger partial charge in [0.2, 0.25) is 0 Å². The SMILES string of the molecule is COc1cc2c(cc1OC)C(c1ccccc1)=NC(CCN(C)C)C2.O=C(O)C(=O)O.O=C(O)C(=O)O. The highest BCUT2D eigenvalue weighted by molar-refractivity contribution is 6.27. The van der Waals surface area contributed by atoms with Crippen molar-refractivity contribution in [1.29, 1.82) is 0 Å². The Bertz CT molecular complexity index is 1080. The van der Waals surface area contributed by atoms with Gasteiger partial charge in [-0.3, -0.25) is 4.99 Å². The van der Waals surface area contributed by atoms with Gasteiger partial charge in [-0.15, -0.1) is 0 Å². The van der Waals surface area contributed by atoms with Crippen LogP contribution in [0.1, 0.15) is 23.1 Å². The molecule has 4 N–H and O–H groups in total. The molecule has 1 heterocycles. The van der Waals surface area contributed by atoms with E-state index in [2.05, 4.69) is 55.4 Å². The minimum absolute atomic E-state index is 0.281. The van der Waals surface area contributed by atoms with E-state index in [-0.39, 0.29) is 6.04 Å². The molecule has 37 heavy (non-hydrogen) atoms. The largest absolute Gasteiger partial charge is 0.493 e. The zero-order valence-corrected chi connectivity index (χ0v) is 20.9. The van der Waals surface area contributed by atoms with Crippen LogP contribution in [0.25, 0.3) is 0 Å². The lowest BCUT2D eigenvalue weighted by atomic mass is 9.89. The first-order valence-electron chi connectivity index (χ1n) is 10.9. The summed E-state index contributed by atoms with van der Waals surface area (Å²) in [4.78, 5) is 43.7. The monoisotopic (exact) mass is 518 g/mol. The van der Waals surface area contributed by atoms with Crippen LogP contribution >= 0.6 is 0 Å². The highest BCUT2D eigenvalue weighted by Crippen LogP contribution is 2.35. The smallest absolute Gasteiger partial charge is 0.414 e. The zero-order valence-electron chi connectivity index (χ0n) is 20.9. The van der Waals surface area contributed by atoms with Gasteiger partial charge in [0.1, 0.15) is 0 Å². The minimum atomic E-state index is -1.82. The third-order valence-corrected chi connectivity index (χ3v) is 4.95. The van der Waals surface area contributed by atoms with Crippen molar-refractivity contribution in [3.05, 3.63) is 59.2 Å². The van der Waals surface area contributed by atoms with Crippen molar-refractivity contribution in [3.63, 3.8) is 0 Å². The molecule has 1 aliphatic rings. The quantitative estimate of drug-likeness (QED) is 0.408. The number of methoxy groups -OCH3 is 2. The number of carboxylic acid groups (broad SMARTS) is 4. The first-order chi connectivity index (χ1) is 17.4. The average molecular weight is 519 g/mol. The average Bonchev–Trinajstić information content (AvgIpc) is 2.87. The maximum atomic E-state index is 9.10. The molecule has 12 nitrogen and oxygen atoms in total. The molecule has 0 aromatic heterocycles. The van der Waals surface area contributed by atoms with E-state index in [1.165, 1.54) is 5.56 Å². The molecule has 0 saturated heterocycles. The van der Waals surface area contributed by atoms with Crippen LogP contribution in [0.3, 0.4) is 0 Å². The summed E-state index contributed by atoms with van der Waals surface area (Å²) < 4.78 is 11.0. The van der Waals surface area contributed by atoms with Crippen molar-refractivity contribution in [3.8, 4) is 11.5 Å². The van der Waals surface area contributed by atoms with Gasteiger partial charge in [0.05, 0.1) is 26.0 Å². The number of hydrogen-bond donors (Lipinski definition) is 4. The molecule has 0 spiro atoms. The van der Waals surface area contributed by atoms with Gasteiger partial charge in [0, 0.05) is 11.1 Å². The van der Waals surface area contributed by atoms with Gasteiger partial charge < -0.3 is 34.8 Å². The molecule has 3 rings (SSSR count). The predicted molar refractivity (Wildman–Crippen MR) is 133 cm³/mol. The highest BCUT2D eigenvalue weighted by atomic mass is 16.5. The summed E-state index contributed by atoms with van der Waals surface area (Å²) >= 11 is 0. The molecule has 1 atom stereocenters. The Morgan fingerprint density at radius 3 is 1.78 bits per heavy atom. The Balaban J connectivity index is 0.000000476. The molecule has 0 saturated carbocycles. The van der Waals surface area contributed by atoms with Crippen LogP contribution in [0.15, 0.2) is 47.5 Å². The topological polar surface area (TPSA) is 183 Å². The van der Waals surface area contributed by atoms with Crippen LogP contribution in [-0.2, 0) is 25.6 Å². The fourth-order valence-electron chi connectivity index (χ4n) is 3.26. The van der Waals surface area contributed by atoms with E-state index in [4.69, 9.17) is 54.1 Å². The van der Waals surface area contributed by atoms with Gasteiger partial charge in [-0.2, -0.15) is 0 Å².